The van der Waals surface area contributed by atoms with Gasteiger partial charge in [-0.2, -0.15) is 0 Å². The molecule has 0 N–H and O–H groups in total. The Balaban J connectivity index is 1.46. The summed E-state index contributed by atoms with van der Waals surface area (Å²) in [7, 11) is -0.244. The minimum Gasteiger partial charge on any atom is -0.288 e. The van der Waals surface area contributed by atoms with E-state index >= 15 is 0 Å². The Morgan fingerprint density at radius 1 is 0.667 bits per heavy atom. The third-order valence-corrected chi connectivity index (χ3v) is 9.80. The first-order chi connectivity index (χ1) is 17.6. The number of unbranched alkanes of at least 4 members (excludes halogenated alkanes) is 9. The molecule has 2 heteroatoms. The summed E-state index contributed by atoms with van der Waals surface area (Å²) in [6, 6.07) is 24.0. The van der Waals surface area contributed by atoms with E-state index in [1.54, 1.807) is 0 Å². The van der Waals surface area contributed by atoms with Crippen LogP contribution >= 0.6 is 10.5 Å². The fourth-order valence-corrected chi connectivity index (χ4v) is 7.54. The van der Waals surface area contributed by atoms with Crippen LogP contribution < -0.4 is 5.43 Å². The van der Waals surface area contributed by atoms with Crippen LogP contribution in [0.3, 0.4) is 0 Å². The van der Waals surface area contributed by atoms with Crippen LogP contribution in [-0.2, 0) is 6.42 Å². The van der Waals surface area contributed by atoms with Crippen molar-refractivity contribution in [2.24, 2.45) is 0 Å². The molecule has 0 bridgehead atoms. The first kappa shape index (κ1) is 26.6. The molecular formula is C34H43OS+. The lowest BCUT2D eigenvalue weighted by Gasteiger charge is -2.08. The average Bonchev–Trinajstić information content (AvgIpc) is 2.90. The van der Waals surface area contributed by atoms with E-state index in [1.165, 1.54) is 84.9 Å². The molecule has 0 radical (unpaired) electrons. The zero-order chi connectivity index (χ0) is 25.3. The molecule has 0 aliphatic carbocycles. The van der Waals surface area contributed by atoms with Crippen molar-refractivity contribution in [2.45, 2.75) is 97.3 Å². The zero-order valence-corrected chi connectivity index (χ0v) is 23.3. The van der Waals surface area contributed by atoms with E-state index < -0.39 is 0 Å². The molecule has 0 amide bonds. The first-order valence-corrected chi connectivity index (χ1v) is 15.4. The summed E-state index contributed by atoms with van der Waals surface area (Å²) >= 11 is 0. The highest BCUT2D eigenvalue weighted by Gasteiger charge is 2.23. The SMILES string of the molecule is CCCCCCCCCCCCc1ccc(-[s+]2c3ccccc3c(=O)c3cc(C(C)C)ccc32)cc1. The maximum atomic E-state index is 13.4. The Morgan fingerprint density at radius 3 is 1.94 bits per heavy atom. The van der Waals surface area contributed by atoms with Crippen LogP contribution in [-0.4, -0.2) is 0 Å². The fourth-order valence-electron chi connectivity index (χ4n) is 5.22. The van der Waals surface area contributed by atoms with Crippen LogP contribution in [0.25, 0.3) is 25.1 Å². The highest BCUT2D eigenvalue weighted by Crippen LogP contribution is 2.43. The van der Waals surface area contributed by atoms with Gasteiger partial charge in [-0.3, -0.25) is 4.79 Å². The molecule has 1 heterocycles. The summed E-state index contributed by atoms with van der Waals surface area (Å²) in [5.74, 6) is 0.409. The minimum absolute atomic E-state index is 0.171. The van der Waals surface area contributed by atoms with E-state index in [-0.39, 0.29) is 15.9 Å². The quantitative estimate of drug-likeness (QED) is 0.102. The molecule has 1 nitrogen and oxygen atoms in total. The molecule has 4 aromatic rings. The summed E-state index contributed by atoms with van der Waals surface area (Å²) in [5, 5.41) is 1.75. The summed E-state index contributed by atoms with van der Waals surface area (Å²) in [4.78, 5) is 14.7. The van der Waals surface area contributed by atoms with Gasteiger partial charge in [-0.25, -0.2) is 0 Å². The van der Waals surface area contributed by atoms with Crippen LogP contribution in [0.4, 0.5) is 0 Å². The first-order valence-electron chi connectivity index (χ1n) is 14.2. The molecule has 1 atom stereocenters. The molecule has 4 rings (SSSR count). The standard InChI is InChI=1S/C34H43OS/c1-4-5-6-7-8-9-10-11-12-13-16-27-19-22-29(23-20-27)36-32-18-15-14-17-30(32)34(35)31-25-28(26(2)3)21-24-33(31)36/h14-15,17-26H,4-13,16H2,1-3H3/q+1. The fraction of sp³-hybridized carbons (Fsp3) is 0.441. The third-order valence-electron chi connectivity index (χ3n) is 7.46. The van der Waals surface area contributed by atoms with Crippen molar-refractivity contribution in [1.82, 2.24) is 0 Å². The van der Waals surface area contributed by atoms with E-state index in [1.807, 2.05) is 12.1 Å². The normalized spacial score (nSPS) is 12.2. The van der Waals surface area contributed by atoms with Crippen molar-refractivity contribution in [3.05, 3.63) is 88.1 Å². The van der Waals surface area contributed by atoms with Crippen molar-refractivity contribution in [3.8, 4) is 4.90 Å². The van der Waals surface area contributed by atoms with E-state index in [0.717, 1.165) is 21.9 Å². The number of rotatable bonds is 13. The van der Waals surface area contributed by atoms with Gasteiger partial charge in [0.1, 0.15) is 0 Å². The summed E-state index contributed by atoms with van der Waals surface area (Å²) < 4.78 is 2.33. The highest BCUT2D eigenvalue weighted by molar-refractivity contribution is 7.49. The van der Waals surface area contributed by atoms with E-state index in [4.69, 9.17) is 0 Å². The smallest absolute Gasteiger partial charge is 0.203 e. The Labute approximate surface area is 220 Å². The Morgan fingerprint density at radius 2 is 1.28 bits per heavy atom. The Bertz CT molecular complexity index is 1310. The van der Waals surface area contributed by atoms with Gasteiger partial charge >= 0.3 is 0 Å². The van der Waals surface area contributed by atoms with Crippen molar-refractivity contribution in [2.75, 3.05) is 0 Å². The minimum atomic E-state index is -0.244. The molecule has 0 aliphatic heterocycles. The maximum Gasteiger partial charge on any atom is 0.203 e. The Hall–Kier alpha value is -2.45. The highest BCUT2D eigenvalue weighted by atomic mass is 32.2. The van der Waals surface area contributed by atoms with Crippen LogP contribution in [0.1, 0.15) is 102 Å². The lowest BCUT2D eigenvalue weighted by molar-refractivity contribution is 0.556. The van der Waals surface area contributed by atoms with Crippen LogP contribution in [0, 0.1) is 0 Å². The van der Waals surface area contributed by atoms with Crippen LogP contribution in [0.15, 0.2) is 71.5 Å². The van der Waals surface area contributed by atoms with Gasteiger partial charge in [-0.1, -0.05) is 109 Å². The molecule has 0 aliphatic rings. The summed E-state index contributed by atoms with van der Waals surface area (Å²) in [5.41, 5.74) is 2.83. The Kier molecular flexibility index (Phi) is 9.75. The molecule has 0 saturated heterocycles. The molecule has 36 heavy (non-hydrogen) atoms. The van der Waals surface area contributed by atoms with Crippen molar-refractivity contribution in [3.63, 3.8) is 0 Å². The molecule has 1 unspecified atom stereocenters. The molecule has 0 fully saturated rings. The predicted molar refractivity (Wildman–Crippen MR) is 161 cm³/mol. The maximum absolute atomic E-state index is 13.4. The monoisotopic (exact) mass is 499 g/mol. The van der Waals surface area contributed by atoms with Gasteiger partial charge < -0.3 is 0 Å². The second-order valence-corrected chi connectivity index (χ2v) is 12.6. The lowest BCUT2D eigenvalue weighted by atomic mass is 10.0. The van der Waals surface area contributed by atoms with Gasteiger partial charge in [0.25, 0.3) is 0 Å². The molecule has 1 aromatic heterocycles. The van der Waals surface area contributed by atoms with Gasteiger partial charge in [0.2, 0.25) is 5.43 Å². The number of aryl methyl sites for hydroxylation is 1. The topological polar surface area (TPSA) is 17.1 Å². The van der Waals surface area contributed by atoms with Gasteiger partial charge in [0.15, 0.2) is 14.3 Å². The van der Waals surface area contributed by atoms with Crippen LogP contribution in [0.2, 0.25) is 0 Å². The lowest BCUT2D eigenvalue weighted by Crippen LogP contribution is -2.03. The number of benzene rings is 3. The molecule has 190 valence electrons. The van der Waals surface area contributed by atoms with E-state index in [0.29, 0.717) is 5.92 Å². The number of fused-ring (bicyclic) bond motifs is 2. The van der Waals surface area contributed by atoms with Crippen molar-refractivity contribution in [1.29, 1.82) is 0 Å². The zero-order valence-electron chi connectivity index (χ0n) is 22.5. The van der Waals surface area contributed by atoms with Gasteiger partial charge in [-0.15, -0.1) is 0 Å². The second-order valence-electron chi connectivity index (χ2n) is 10.6. The van der Waals surface area contributed by atoms with E-state index in [9.17, 15) is 4.79 Å². The molecule has 0 saturated carbocycles. The number of hydrogen-bond donors (Lipinski definition) is 0. The third kappa shape index (κ3) is 6.45. The second kappa shape index (κ2) is 13.2. The van der Waals surface area contributed by atoms with Crippen molar-refractivity contribution < 1.29 is 0 Å². The van der Waals surface area contributed by atoms with Gasteiger partial charge in [0.05, 0.1) is 10.8 Å². The molecule has 0 spiro atoms. The summed E-state index contributed by atoms with van der Waals surface area (Å²) in [6.45, 7) is 6.67. The van der Waals surface area contributed by atoms with Gasteiger partial charge in [0, 0.05) is 10.5 Å². The average molecular weight is 500 g/mol. The van der Waals surface area contributed by atoms with E-state index in [2.05, 4.69) is 75.4 Å². The molecular weight excluding hydrogens is 456 g/mol. The van der Waals surface area contributed by atoms with Crippen LogP contribution in [0.5, 0.6) is 0 Å². The van der Waals surface area contributed by atoms with Gasteiger partial charge in [-0.05, 0) is 66.3 Å². The number of hydrogen-bond acceptors (Lipinski definition) is 1. The predicted octanol–water partition coefficient (Wildman–Crippen LogP) is 10.7. The largest absolute Gasteiger partial charge is 0.288 e. The van der Waals surface area contributed by atoms with Crippen molar-refractivity contribution >= 4 is 30.6 Å². The molecule has 3 aromatic carbocycles. The summed E-state index contributed by atoms with van der Waals surface area (Å²) in [6.07, 6.45) is 14.9.